The highest BCUT2D eigenvalue weighted by Gasteiger charge is 2.19. The molecule has 4 heteroatoms. The van der Waals surface area contributed by atoms with E-state index in [4.69, 9.17) is 10.7 Å². The van der Waals surface area contributed by atoms with Crippen LogP contribution in [0.15, 0.2) is 18.3 Å². The quantitative estimate of drug-likeness (QED) is 0.911. The van der Waals surface area contributed by atoms with Crippen LogP contribution in [0, 0.1) is 5.41 Å². The van der Waals surface area contributed by atoms with Crippen LogP contribution in [0.25, 0.3) is 11.2 Å². The Morgan fingerprint density at radius 3 is 2.75 bits per heavy atom. The van der Waals surface area contributed by atoms with Crippen LogP contribution in [-0.4, -0.2) is 20.6 Å². The molecule has 0 amide bonds. The molecule has 2 heterocycles. The number of nitrogens with two attached hydrogens (primary N) is 1. The van der Waals surface area contributed by atoms with E-state index in [2.05, 4.69) is 37.2 Å². The number of hydrogen-bond donors (Lipinski definition) is 1. The molecule has 4 nitrogen and oxygen atoms in total. The van der Waals surface area contributed by atoms with Gasteiger partial charge in [0.15, 0.2) is 5.65 Å². The molecule has 0 radical (unpaired) electrons. The molecule has 110 valence electrons. The Kier molecular flexibility index (Phi) is 4.43. The summed E-state index contributed by atoms with van der Waals surface area (Å²) >= 11 is 0. The van der Waals surface area contributed by atoms with Crippen LogP contribution in [0.3, 0.4) is 0 Å². The second-order valence-electron chi connectivity index (χ2n) is 6.75. The molecule has 2 N–H and O–H groups in total. The van der Waals surface area contributed by atoms with Crippen LogP contribution >= 0.6 is 0 Å². The molecule has 0 aliphatic rings. The summed E-state index contributed by atoms with van der Waals surface area (Å²) in [5.74, 6) is 1.07. The lowest BCUT2D eigenvalue weighted by molar-refractivity contribution is 0.335. The average molecular weight is 274 g/mol. The third-order valence-corrected chi connectivity index (χ3v) is 3.35. The van der Waals surface area contributed by atoms with Gasteiger partial charge < -0.3 is 10.3 Å². The van der Waals surface area contributed by atoms with Gasteiger partial charge in [-0.2, -0.15) is 0 Å². The van der Waals surface area contributed by atoms with Gasteiger partial charge in [0.25, 0.3) is 0 Å². The molecule has 2 rings (SSSR count). The molecule has 2 aromatic heterocycles. The van der Waals surface area contributed by atoms with E-state index in [1.165, 1.54) is 0 Å². The summed E-state index contributed by atoms with van der Waals surface area (Å²) in [4.78, 5) is 9.18. The Hall–Kier alpha value is -1.42. The first-order valence-corrected chi connectivity index (χ1v) is 7.46. The van der Waals surface area contributed by atoms with Crippen LogP contribution < -0.4 is 5.73 Å². The van der Waals surface area contributed by atoms with E-state index in [9.17, 15) is 0 Å². The van der Waals surface area contributed by atoms with Crippen molar-refractivity contribution < 1.29 is 0 Å². The lowest BCUT2D eigenvalue weighted by atomic mass is 9.87. The molecule has 1 atom stereocenters. The Morgan fingerprint density at radius 2 is 2.10 bits per heavy atom. The van der Waals surface area contributed by atoms with Crippen molar-refractivity contribution in [1.29, 1.82) is 0 Å². The van der Waals surface area contributed by atoms with Crippen molar-refractivity contribution >= 4 is 11.2 Å². The summed E-state index contributed by atoms with van der Waals surface area (Å²) < 4.78 is 2.22. The number of rotatable bonds is 5. The highest BCUT2D eigenvalue weighted by atomic mass is 15.1. The van der Waals surface area contributed by atoms with Crippen LogP contribution in [0.5, 0.6) is 0 Å². The number of imidazole rings is 1. The van der Waals surface area contributed by atoms with Crippen LogP contribution in [0.4, 0.5) is 0 Å². The van der Waals surface area contributed by atoms with Gasteiger partial charge >= 0.3 is 0 Å². The van der Waals surface area contributed by atoms with E-state index in [0.717, 1.165) is 42.8 Å². The molecule has 2 aromatic rings. The molecule has 0 aliphatic heterocycles. The first-order valence-electron chi connectivity index (χ1n) is 7.46. The predicted molar refractivity (Wildman–Crippen MR) is 83.6 cm³/mol. The van der Waals surface area contributed by atoms with Crippen molar-refractivity contribution in [2.24, 2.45) is 11.1 Å². The molecule has 0 spiro atoms. The van der Waals surface area contributed by atoms with E-state index >= 15 is 0 Å². The second-order valence-corrected chi connectivity index (χ2v) is 6.75. The van der Waals surface area contributed by atoms with Crippen LogP contribution in [-0.2, 0) is 13.0 Å². The van der Waals surface area contributed by atoms with Crippen LogP contribution in [0.1, 0.15) is 46.4 Å². The zero-order valence-corrected chi connectivity index (χ0v) is 13.1. The van der Waals surface area contributed by atoms with Crippen molar-refractivity contribution in [3.8, 4) is 0 Å². The van der Waals surface area contributed by atoms with Crippen molar-refractivity contribution in [3.05, 3.63) is 24.2 Å². The minimum atomic E-state index is 0.141. The Labute approximate surface area is 121 Å². The van der Waals surface area contributed by atoms with E-state index in [-0.39, 0.29) is 11.5 Å². The summed E-state index contributed by atoms with van der Waals surface area (Å²) in [6.45, 7) is 9.80. The van der Waals surface area contributed by atoms with Gasteiger partial charge in [-0.25, -0.2) is 9.97 Å². The molecule has 0 saturated heterocycles. The van der Waals surface area contributed by atoms with E-state index in [0.29, 0.717) is 0 Å². The summed E-state index contributed by atoms with van der Waals surface area (Å²) in [6, 6.07) is 4.10. The third kappa shape index (κ3) is 3.57. The van der Waals surface area contributed by atoms with Gasteiger partial charge in [-0.05, 0) is 30.4 Å². The molecular weight excluding hydrogens is 248 g/mol. The summed E-state index contributed by atoms with van der Waals surface area (Å²) in [5.41, 5.74) is 8.50. The number of aromatic nitrogens is 3. The van der Waals surface area contributed by atoms with E-state index in [1.54, 1.807) is 0 Å². The second kappa shape index (κ2) is 5.92. The first kappa shape index (κ1) is 15.0. The topological polar surface area (TPSA) is 56.7 Å². The van der Waals surface area contributed by atoms with Crippen molar-refractivity contribution in [2.75, 3.05) is 0 Å². The number of pyridine rings is 1. The third-order valence-electron chi connectivity index (χ3n) is 3.35. The zero-order chi connectivity index (χ0) is 14.8. The highest BCUT2D eigenvalue weighted by Crippen LogP contribution is 2.22. The molecule has 0 fully saturated rings. The Balaban J connectivity index is 2.26. The molecule has 0 bridgehead atoms. The van der Waals surface area contributed by atoms with Gasteiger partial charge in [0.2, 0.25) is 0 Å². The maximum atomic E-state index is 6.30. The van der Waals surface area contributed by atoms with Gasteiger partial charge in [-0.3, -0.25) is 0 Å². The van der Waals surface area contributed by atoms with E-state index < -0.39 is 0 Å². The van der Waals surface area contributed by atoms with Crippen molar-refractivity contribution in [3.63, 3.8) is 0 Å². The maximum absolute atomic E-state index is 6.30. The number of hydrogen-bond acceptors (Lipinski definition) is 3. The van der Waals surface area contributed by atoms with Gasteiger partial charge in [0.05, 0.1) is 0 Å². The fraction of sp³-hybridized carbons (Fsp3) is 0.625. The average Bonchev–Trinajstić information content (AvgIpc) is 2.66. The molecule has 0 saturated carbocycles. The van der Waals surface area contributed by atoms with Gasteiger partial charge in [-0.1, -0.05) is 27.7 Å². The first-order chi connectivity index (χ1) is 9.40. The minimum Gasteiger partial charge on any atom is -0.327 e. The SMILES string of the molecule is CCCn1c(CC(N)CC(C)(C)C)nc2cccnc21. The highest BCUT2D eigenvalue weighted by molar-refractivity contribution is 5.71. The Morgan fingerprint density at radius 1 is 1.35 bits per heavy atom. The number of aryl methyl sites for hydroxylation is 1. The normalized spacial score (nSPS) is 13.8. The number of nitrogens with zero attached hydrogens (tertiary/aromatic N) is 3. The summed E-state index contributed by atoms with van der Waals surface area (Å²) in [5, 5.41) is 0. The number of fused-ring (bicyclic) bond motifs is 1. The van der Waals surface area contributed by atoms with Crippen LogP contribution in [0.2, 0.25) is 0 Å². The molecule has 20 heavy (non-hydrogen) atoms. The molecular formula is C16H26N4. The predicted octanol–water partition coefficient (Wildman–Crippen LogP) is 3.15. The molecule has 1 unspecified atom stereocenters. The fourth-order valence-corrected chi connectivity index (χ4v) is 2.71. The van der Waals surface area contributed by atoms with Gasteiger partial charge in [-0.15, -0.1) is 0 Å². The standard InChI is InChI=1S/C16H26N4/c1-5-9-20-14(10-12(17)11-16(2,3)4)19-13-7-6-8-18-15(13)20/h6-8,12H,5,9-11,17H2,1-4H3. The molecule has 0 aromatic carbocycles. The summed E-state index contributed by atoms with van der Waals surface area (Å²) in [6.07, 6.45) is 4.71. The Bertz CT molecular complexity index is 565. The summed E-state index contributed by atoms with van der Waals surface area (Å²) in [7, 11) is 0. The van der Waals surface area contributed by atoms with Crippen molar-refractivity contribution in [2.45, 2.75) is 59.5 Å². The van der Waals surface area contributed by atoms with Gasteiger partial charge in [0, 0.05) is 25.2 Å². The lowest BCUT2D eigenvalue weighted by Gasteiger charge is -2.23. The monoisotopic (exact) mass is 274 g/mol. The lowest BCUT2D eigenvalue weighted by Crippen LogP contribution is -2.29. The largest absolute Gasteiger partial charge is 0.327 e. The smallest absolute Gasteiger partial charge is 0.159 e. The fourth-order valence-electron chi connectivity index (χ4n) is 2.71. The van der Waals surface area contributed by atoms with Gasteiger partial charge in [0.1, 0.15) is 11.3 Å². The maximum Gasteiger partial charge on any atom is 0.159 e. The minimum absolute atomic E-state index is 0.141. The van der Waals surface area contributed by atoms with Crippen molar-refractivity contribution in [1.82, 2.24) is 14.5 Å². The van der Waals surface area contributed by atoms with E-state index in [1.807, 2.05) is 18.3 Å². The molecule has 0 aliphatic carbocycles. The zero-order valence-electron chi connectivity index (χ0n) is 13.1.